The molecule has 0 aliphatic rings. The third-order valence-corrected chi connectivity index (χ3v) is 6.36. The number of hydrogen-bond acceptors (Lipinski definition) is 3. The molecule has 0 aliphatic heterocycles. The zero-order valence-electron chi connectivity index (χ0n) is 21.9. The molecular formula is C31H32F4O4. The molecule has 0 amide bonds. The second kappa shape index (κ2) is 13.4. The second-order valence-corrected chi connectivity index (χ2v) is 9.27. The Morgan fingerprint density at radius 1 is 1.03 bits per heavy atom. The molecule has 0 bridgehead atoms. The number of benzene rings is 3. The molecule has 0 spiro atoms. The summed E-state index contributed by atoms with van der Waals surface area (Å²) in [5, 5.41) is 19.0. The van der Waals surface area contributed by atoms with Crippen LogP contribution in [0.15, 0.2) is 66.7 Å². The lowest BCUT2D eigenvalue weighted by Crippen LogP contribution is -2.06. The lowest BCUT2D eigenvalue weighted by molar-refractivity contribution is -0.139. The van der Waals surface area contributed by atoms with E-state index >= 15 is 0 Å². The number of aliphatic carboxylic acids is 1. The molecule has 0 radical (unpaired) electrons. The summed E-state index contributed by atoms with van der Waals surface area (Å²) in [6.07, 6.45) is -0.856. The summed E-state index contributed by atoms with van der Waals surface area (Å²) in [6, 6.07) is 14.0. The van der Waals surface area contributed by atoms with E-state index in [9.17, 15) is 27.5 Å². The fraction of sp³-hybridized carbons (Fsp3) is 0.323. The monoisotopic (exact) mass is 544 g/mol. The number of rotatable bonds is 12. The molecule has 0 aliphatic carbocycles. The molecule has 39 heavy (non-hydrogen) atoms. The minimum Gasteiger partial charge on any atom is -0.489 e. The van der Waals surface area contributed by atoms with Gasteiger partial charge in [0.15, 0.2) is 0 Å². The maximum absolute atomic E-state index is 14.9. The summed E-state index contributed by atoms with van der Waals surface area (Å²) >= 11 is 0. The summed E-state index contributed by atoms with van der Waals surface area (Å²) < 4.78 is 61.0. The first-order valence-corrected chi connectivity index (χ1v) is 12.9. The van der Waals surface area contributed by atoms with Crippen molar-refractivity contribution in [2.24, 2.45) is 0 Å². The first-order valence-electron chi connectivity index (χ1n) is 12.9. The number of carboxylic acids is 1. The number of unbranched alkanes of at least 4 members (excludes halogenated alkanes) is 2. The van der Waals surface area contributed by atoms with E-state index in [2.05, 4.69) is 6.92 Å². The van der Waals surface area contributed by atoms with Crippen LogP contribution in [-0.2, 0) is 17.6 Å². The number of halogens is 4. The number of ether oxygens (including phenoxy) is 1. The van der Waals surface area contributed by atoms with E-state index in [1.54, 1.807) is 42.5 Å². The fourth-order valence-electron chi connectivity index (χ4n) is 4.28. The topological polar surface area (TPSA) is 66.8 Å². The van der Waals surface area contributed by atoms with Gasteiger partial charge in [-0.25, -0.2) is 4.39 Å². The van der Waals surface area contributed by atoms with Gasteiger partial charge in [-0.3, -0.25) is 4.79 Å². The summed E-state index contributed by atoms with van der Waals surface area (Å²) in [5.74, 6) is -1.45. The van der Waals surface area contributed by atoms with Crippen LogP contribution in [0.1, 0.15) is 74.3 Å². The Morgan fingerprint density at radius 2 is 1.79 bits per heavy atom. The molecule has 0 saturated heterocycles. The van der Waals surface area contributed by atoms with Gasteiger partial charge in [0.2, 0.25) is 0 Å². The zero-order chi connectivity index (χ0) is 28.6. The molecule has 3 aromatic carbocycles. The van der Waals surface area contributed by atoms with E-state index in [1.165, 1.54) is 0 Å². The Labute approximate surface area is 225 Å². The minimum atomic E-state index is -4.60. The Hall–Kier alpha value is -3.65. The Morgan fingerprint density at radius 3 is 2.46 bits per heavy atom. The molecule has 8 heteroatoms. The van der Waals surface area contributed by atoms with Gasteiger partial charge < -0.3 is 14.9 Å². The predicted molar refractivity (Wildman–Crippen MR) is 143 cm³/mol. The van der Waals surface area contributed by atoms with Gasteiger partial charge >= 0.3 is 12.1 Å². The number of alkyl halides is 3. The molecule has 3 rings (SSSR count). The standard InChI is InChI=1S/C31H32F4O4/c1-3-5-6-8-21(4-2)26-15-20(19-39-24-10-7-9-22(16-24)29(36)18-30(37)38)11-13-25(26)27-17-23(31(33,34)35)12-14-28(27)32/h7-17,29,36H,3-6,18-19H2,1-2H3,(H,37,38)/b21-8+/t29-/m1/s1. The van der Waals surface area contributed by atoms with Crippen molar-refractivity contribution >= 4 is 11.5 Å². The summed E-state index contributed by atoms with van der Waals surface area (Å²) in [6.45, 7) is 4.11. The second-order valence-electron chi connectivity index (χ2n) is 9.27. The van der Waals surface area contributed by atoms with Gasteiger partial charge in [-0.05, 0) is 77.1 Å². The lowest BCUT2D eigenvalue weighted by Gasteiger charge is -2.17. The minimum absolute atomic E-state index is 0.1000. The van der Waals surface area contributed by atoms with Crippen LogP contribution < -0.4 is 4.74 Å². The molecule has 0 aromatic heterocycles. The number of carboxylic acid groups (broad SMARTS) is 1. The van der Waals surface area contributed by atoms with E-state index in [1.807, 2.05) is 13.0 Å². The van der Waals surface area contributed by atoms with Crippen LogP contribution in [0.25, 0.3) is 16.7 Å². The van der Waals surface area contributed by atoms with Crippen molar-refractivity contribution in [1.29, 1.82) is 0 Å². The smallest absolute Gasteiger partial charge is 0.416 e. The van der Waals surface area contributed by atoms with Crippen molar-refractivity contribution in [2.75, 3.05) is 0 Å². The highest BCUT2D eigenvalue weighted by Crippen LogP contribution is 2.38. The summed E-state index contributed by atoms with van der Waals surface area (Å²) in [5.41, 5.74) is 1.98. The third-order valence-electron chi connectivity index (χ3n) is 6.36. The molecule has 208 valence electrons. The zero-order valence-corrected chi connectivity index (χ0v) is 21.9. The van der Waals surface area contributed by atoms with Gasteiger partial charge in [-0.1, -0.05) is 57.0 Å². The van der Waals surface area contributed by atoms with Gasteiger partial charge in [0.1, 0.15) is 18.2 Å². The number of aliphatic hydroxyl groups is 1. The lowest BCUT2D eigenvalue weighted by atomic mass is 9.90. The molecule has 4 nitrogen and oxygen atoms in total. The first kappa shape index (κ1) is 29.9. The molecule has 1 atom stereocenters. The molecule has 0 heterocycles. The van der Waals surface area contributed by atoms with Crippen LogP contribution in [0.5, 0.6) is 5.75 Å². The third kappa shape index (κ3) is 8.17. The molecule has 2 N–H and O–H groups in total. The summed E-state index contributed by atoms with van der Waals surface area (Å²) in [7, 11) is 0. The highest BCUT2D eigenvalue weighted by Gasteiger charge is 2.31. The van der Waals surface area contributed by atoms with Crippen molar-refractivity contribution in [3.8, 4) is 16.9 Å². The van der Waals surface area contributed by atoms with Gasteiger partial charge in [0.05, 0.1) is 18.1 Å². The van der Waals surface area contributed by atoms with Crippen LogP contribution in [0.3, 0.4) is 0 Å². The molecule has 0 unspecified atom stereocenters. The Balaban J connectivity index is 1.98. The maximum Gasteiger partial charge on any atom is 0.416 e. The largest absolute Gasteiger partial charge is 0.489 e. The summed E-state index contributed by atoms with van der Waals surface area (Å²) in [4.78, 5) is 10.9. The Kier molecular flexibility index (Phi) is 10.3. The van der Waals surface area contributed by atoms with Gasteiger partial charge in [0.25, 0.3) is 0 Å². The van der Waals surface area contributed by atoms with Crippen LogP contribution >= 0.6 is 0 Å². The highest BCUT2D eigenvalue weighted by atomic mass is 19.4. The van der Waals surface area contributed by atoms with Crippen LogP contribution in [-0.4, -0.2) is 16.2 Å². The van der Waals surface area contributed by atoms with Gasteiger partial charge in [-0.15, -0.1) is 0 Å². The first-order chi connectivity index (χ1) is 18.5. The predicted octanol–water partition coefficient (Wildman–Crippen LogP) is 8.58. The van der Waals surface area contributed by atoms with E-state index in [0.29, 0.717) is 34.4 Å². The van der Waals surface area contributed by atoms with Crippen molar-refractivity contribution in [2.45, 2.75) is 64.8 Å². The highest BCUT2D eigenvalue weighted by molar-refractivity contribution is 5.82. The van der Waals surface area contributed by atoms with Crippen molar-refractivity contribution < 1.29 is 37.3 Å². The van der Waals surface area contributed by atoms with Crippen LogP contribution in [0, 0.1) is 5.82 Å². The number of carbonyl (C=O) groups is 1. The average molecular weight is 545 g/mol. The van der Waals surface area contributed by atoms with Crippen molar-refractivity contribution in [1.82, 2.24) is 0 Å². The van der Waals surface area contributed by atoms with E-state index in [0.717, 1.165) is 43.0 Å². The van der Waals surface area contributed by atoms with Crippen molar-refractivity contribution in [3.63, 3.8) is 0 Å². The number of allylic oxidation sites excluding steroid dienone is 2. The quantitative estimate of drug-likeness (QED) is 0.177. The van der Waals surface area contributed by atoms with Crippen LogP contribution in [0.2, 0.25) is 0 Å². The molecule has 0 saturated carbocycles. The van der Waals surface area contributed by atoms with Gasteiger partial charge in [0, 0.05) is 5.56 Å². The fourth-order valence-corrected chi connectivity index (χ4v) is 4.28. The van der Waals surface area contributed by atoms with Gasteiger partial charge in [-0.2, -0.15) is 13.2 Å². The van der Waals surface area contributed by atoms with Crippen molar-refractivity contribution in [3.05, 3.63) is 94.8 Å². The average Bonchev–Trinajstić information content (AvgIpc) is 2.89. The SMILES string of the molecule is CCCC/C=C(\CC)c1cc(COc2cccc([C@H](O)CC(=O)O)c2)ccc1-c1cc(C(F)(F)F)ccc1F. The Bertz CT molecular complexity index is 1310. The van der Waals surface area contributed by atoms with Crippen LogP contribution in [0.4, 0.5) is 17.6 Å². The van der Waals surface area contributed by atoms with E-state index < -0.39 is 36.1 Å². The molecule has 3 aromatic rings. The number of aliphatic hydroxyl groups excluding tert-OH is 1. The van der Waals surface area contributed by atoms with E-state index in [4.69, 9.17) is 9.84 Å². The maximum atomic E-state index is 14.9. The van der Waals surface area contributed by atoms with E-state index in [-0.39, 0.29) is 12.2 Å². The number of hydrogen-bond donors (Lipinski definition) is 2. The normalized spacial score (nSPS) is 12.8. The molecular weight excluding hydrogens is 512 g/mol. The molecule has 0 fully saturated rings.